The molecule has 2 N–H and O–H groups in total. The lowest BCUT2D eigenvalue weighted by Crippen LogP contribution is -1.86. The number of nitrogen functional groups attached to an aromatic ring is 1. The summed E-state index contributed by atoms with van der Waals surface area (Å²) in [7, 11) is 1.61. The summed E-state index contributed by atoms with van der Waals surface area (Å²) in [6.07, 6.45) is 0. The van der Waals surface area contributed by atoms with Gasteiger partial charge in [0.15, 0.2) is 5.58 Å². The van der Waals surface area contributed by atoms with Crippen molar-refractivity contribution in [3.8, 4) is 17.2 Å². The molecule has 19 heavy (non-hydrogen) atoms. The van der Waals surface area contributed by atoms with Crippen molar-refractivity contribution in [3.05, 3.63) is 41.4 Å². The van der Waals surface area contributed by atoms with Crippen LogP contribution in [-0.2, 0) is 0 Å². The SMILES string of the molecule is COc1ccc2oc(-c3cc(N)ccc3Cl)nc2c1. The molecule has 0 saturated heterocycles. The molecule has 0 aliphatic carbocycles. The van der Waals surface area contributed by atoms with E-state index in [1.54, 1.807) is 25.3 Å². The second-order valence-corrected chi connectivity index (χ2v) is 4.50. The number of fused-ring (bicyclic) bond motifs is 1. The zero-order chi connectivity index (χ0) is 13.4. The molecule has 0 aliphatic rings. The van der Waals surface area contributed by atoms with Crippen LogP contribution in [0.25, 0.3) is 22.6 Å². The summed E-state index contributed by atoms with van der Waals surface area (Å²) in [5.74, 6) is 1.17. The van der Waals surface area contributed by atoms with Crippen molar-refractivity contribution in [1.29, 1.82) is 0 Å². The lowest BCUT2D eigenvalue weighted by molar-refractivity contribution is 0.415. The highest BCUT2D eigenvalue weighted by Crippen LogP contribution is 2.32. The summed E-state index contributed by atoms with van der Waals surface area (Å²) in [5.41, 5.74) is 8.44. The van der Waals surface area contributed by atoms with E-state index in [0.717, 1.165) is 5.75 Å². The van der Waals surface area contributed by atoms with Crippen LogP contribution >= 0.6 is 11.6 Å². The smallest absolute Gasteiger partial charge is 0.228 e. The first-order chi connectivity index (χ1) is 9.17. The molecule has 0 radical (unpaired) electrons. The molecule has 5 heteroatoms. The molecule has 0 saturated carbocycles. The Bertz CT molecular complexity index is 752. The zero-order valence-corrected chi connectivity index (χ0v) is 10.9. The van der Waals surface area contributed by atoms with Crippen LogP contribution in [-0.4, -0.2) is 12.1 Å². The third-order valence-corrected chi connectivity index (χ3v) is 3.15. The Morgan fingerprint density at radius 2 is 2.05 bits per heavy atom. The van der Waals surface area contributed by atoms with Crippen molar-refractivity contribution < 1.29 is 9.15 Å². The first kappa shape index (κ1) is 11.9. The molecule has 0 amide bonds. The van der Waals surface area contributed by atoms with Crippen molar-refractivity contribution in [3.63, 3.8) is 0 Å². The predicted octanol–water partition coefficient (Wildman–Crippen LogP) is 3.74. The lowest BCUT2D eigenvalue weighted by atomic mass is 10.2. The largest absolute Gasteiger partial charge is 0.497 e. The van der Waals surface area contributed by atoms with Crippen LogP contribution in [0.1, 0.15) is 0 Å². The number of methoxy groups -OCH3 is 1. The summed E-state index contributed by atoms with van der Waals surface area (Å²) in [6, 6.07) is 10.6. The second kappa shape index (κ2) is 4.48. The Kier molecular flexibility index (Phi) is 2.80. The molecule has 2 aromatic carbocycles. The molecule has 0 unspecified atom stereocenters. The van der Waals surface area contributed by atoms with Gasteiger partial charge in [0.05, 0.1) is 17.7 Å². The maximum absolute atomic E-state index is 6.14. The number of hydrogen-bond donors (Lipinski definition) is 1. The number of nitrogens with zero attached hydrogens (tertiary/aromatic N) is 1. The number of anilines is 1. The molecular weight excluding hydrogens is 264 g/mol. The third-order valence-electron chi connectivity index (χ3n) is 2.82. The molecule has 0 fully saturated rings. The maximum Gasteiger partial charge on any atom is 0.228 e. The topological polar surface area (TPSA) is 61.3 Å². The van der Waals surface area contributed by atoms with Gasteiger partial charge in [-0.2, -0.15) is 0 Å². The summed E-state index contributed by atoms with van der Waals surface area (Å²) < 4.78 is 10.8. The van der Waals surface area contributed by atoms with Gasteiger partial charge in [0.2, 0.25) is 5.89 Å². The van der Waals surface area contributed by atoms with E-state index in [1.807, 2.05) is 18.2 Å². The van der Waals surface area contributed by atoms with E-state index < -0.39 is 0 Å². The Balaban J connectivity index is 2.17. The molecule has 1 heterocycles. The van der Waals surface area contributed by atoms with Crippen LogP contribution in [0.4, 0.5) is 5.69 Å². The number of benzene rings is 2. The summed E-state index contributed by atoms with van der Waals surface area (Å²) in [6.45, 7) is 0. The molecule has 1 aromatic heterocycles. The van der Waals surface area contributed by atoms with Crippen LogP contribution in [0.5, 0.6) is 5.75 Å². The van der Waals surface area contributed by atoms with Crippen molar-refractivity contribution in [2.45, 2.75) is 0 Å². The van der Waals surface area contributed by atoms with Crippen LogP contribution in [0.15, 0.2) is 40.8 Å². The molecular formula is C14H11ClN2O2. The number of rotatable bonds is 2. The van der Waals surface area contributed by atoms with Crippen LogP contribution < -0.4 is 10.5 Å². The molecule has 0 spiro atoms. The van der Waals surface area contributed by atoms with Crippen molar-refractivity contribution in [2.24, 2.45) is 0 Å². The number of ether oxygens (including phenoxy) is 1. The predicted molar refractivity (Wildman–Crippen MR) is 75.4 cm³/mol. The number of oxazole rings is 1. The van der Waals surface area contributed by atoms with Crippen LogP contribution in [0.2, 0.25) is 5.02 Å². The quantitative estimate of drug-likeness (QED) is 0.723. The third kappa shape index (κ3) is 2.11. The van der Waals surface area contributed by atoms with Gasteiger partial charge in [-0.05, 0) is 30.3 Å². The fourth-order valence-corrected chi connectivity index (χ4v) is 2.05. The van der Waals surface area contributed by atoms with Gasteiger partial charge in [0.1, 0.15) is 11.3 Å². The maximum atomic E-state index is 6.14. The van der Waals surface area contributed by atoms with Crippen LogP contribution in [0, 0.1) is 0 Å². The standard InChI is InChI=1S/C14H11ClN2O2/c1-18-9-3-5-13-12(7-9)17-14(19-13)10-6-8(16)2-4-11(10)15/h2-7H,16H2,1H3. The molecule has 3 aromatic rings. The molecule has 0 aliphatic heterocycles. The Morgan fingerprint density at radius 1 is 1.21 bits per heavy atom. The van der Waals surface area contributed by atoms with Crippen molar-refractivity contribution >= 4 is 28.4 Å². The van der Waals surface area contributed by atoms with Crippen molar-refractivity contribution in [1.82, 2.24) is 4.98 Å². The van der Waals surface area contributed by atoms with E-state index in [1.165, 1.54) is 0 Å². The monoisotopic (exact) mass is 274 g/mol. The Labute approximate surface area is 114 Å². The zero-order valence-electron chi connectivity index (χ0n) is 10.2. The van der Waals surface area contributed by atoms with E-state index in [0.29, 0.717) is 33.3 Å². The minimum absolute atomic E-state index is 0.445. The fourth-order valence-electron chi connectivity index (χ4n) is 1.86. The van der Waals surface area contributed by atoms with E-state index >= 15 is 0 Å². The molecule has 3 rings (SSSR count). The number of nitrogens with two attached hydrogens (primary N) is 1. The number of halogens is 1. The minimum atomic E-state index is 0.445. The first-order valence-corrected chi connectivity index (χ1v) is 6.05. The van der Waals surface area contributed by atoms with Gasteiger partial charge in [-0.25, -0.2) is 4.98 Å². The van der Waals surface area contributed by atoms with E-state index in [2.05, 4.69) is 4.98 Å². The summed E-state index contributed by atoms with van der Waals surface area (Å²) in [5, 5.41) is 0.549. The van der Waals surface area contributed by atoms with Gasteiger partial charge < -0.3 is 14.9 Å². The highest BCUT2D eigenvalue weighted by atomic mass is 35.5. The Morgan fingerprint density at radius 3 is 2.84 bits per heavy atom. The van der Waals surface area contributed by atoms with Gasteiger partial charge in [0, 0.05) is 11.8 Å². The van der Waals surface area contributed by atoms with Gasteiger partial charge in [-0.15, -0.1) is 0 Å². The van der Waals surface area contributed by atoms with Crippen LogP contribution in [0.3, 0.4) is 0 Å². The van der Waals surface area contributed by atoms with Crippen molar-refractivity contribution in [2.75, 3.05) is 12.8 Å². The minimum Gasteiger partial charge on any atom is -0.497 e. The average molecular weight is 275 g/mol. The van der Waals surface area contributed by atoms with E-state index in [4.69, 9.17) is 26.5 Å². The molecule has 4 nitrogen and oxygen atoms in total. The van der Waals surface area contributed by atoms with Gasteiger partial charge in [-0.1, -0.05) is 11.6 Å². The second-order valence-electron chi connectivity index (χ2n) is 4.09. The van der Waals surface area contributed by atoms with E-state index in [9.17, 15) is 0 Å². The lowest BCUT2D eigenvalue weighted by Gasteiger charge is -2.00. The highest BCUT2D eigenvalue weighted by molar-refractivity contribution is 6.33. The fraction of sp³-hybridized carbons (Fsp3) is 0.0714. The van der Waals surface area contributed by atoms with Gasteiger partial charge >= 0.3 is 0 Å². The molecule has 96 valence electrons. The normalized spacial score (nSPS) is 10.8. The highest BCUT2D eigenvalue weighted by Gasteiger charge is 2.12. The number of aromatic nitrogens is 1. The summed E-state index contributed by atoms with van der Waals surface area (Å²) >= 11 is 6.14. The van der Waals surface area contributed by atoms with E-state index in [-0.39, 0.29) is 0 Å². The Hall–Kier alpha value is -2.20. The first-order valence-electron chi connectivity index (χ1n) is 5.67. The number of hydrogen-bond acceptors (Lipinski definition) is 4. The molecule has 0 atom stereocenters. The molecule has 0 bridgehead atoms. The van der Waals surface area contributed by atoms with Gasteiger partial charge in [-0.3, -0.25) is 0 Å². The summed E-state index contributed by atoms with van der Waals surface area (Å²) in [4.78, 5) is 4.41. The average Bonchev–Trinajstić information content (AvgIpc) is 2.83. The van der Waals surface area contributed by atoms with Gasteiger partial charge in [0.25, 0.3) is 0 Å².